The molecule has 15 heavy (non-hydrogen) atoms. The van der Waals surface area contributed by atoms with Crippen LogP contribution >= 0.6 is 23.2 Å². The molecule has 0 atom stereocenters. The minimum atomic E-state index is -0.857. The fourth-order valence-electron chi connectivity index (χ4n) is 1.34. The normalized spacial score (nSPS) is 11.5. The largest absolute Gasteiger partial charge is 0.481 e. The number of halogens is 2. The topological polar surface area (TPSA) is 50.2 Å². The number of pyridine rings is 1. The molecule has 0 saturated heterocycles. The Kier molecular flexibility index (Phi) is 3.58. The summed E-state index contributed by atoms with van der Waals surface area (Å²) in [6.07, 6.45) is 0.0175. The molecule has 3 nitrogen and oxygen atoms in total. The number of nitrogens with zero attached hydrogens (tertiary/aromatic N) is 1. The van der Waals surface area contributed by atoms with Crippen molar-refractivity contribution >= 4 is 29.2 Å². The van der Waals surface area contributed by atoms with E-state index >= 15 is 0 Å². The molecule has 1 N–H and O–H groups in total. The third-order valence-corrected chi connectivity index (χ3v) is 2.52. The molecule has 0 spiro atoms. The summed E-state index contributed by atoms with van der Waals surface area (Å²) < 4.78 is 0. The predicted molar refractivity (Wildman–Crippen MR) is 59.5 cm³/mol. The Morgan fingerprint density at radius 3 is 2.27 bits per heavy atom. The number of aliphatic carboxylic acids is 1. The zero-order chi connectivity index (χ0) is 11.6. The Morgan fingerprint density at radius 2 is 1.87 bits per heavy atom. The Hall–Kier alpha value is -0.800. The number of hydrogen-bond donors (Lipinski definition) is 1. The van der Waals surface area contributed by atoms with Gasteiger partial charge in [-0.3, -0.25) is 4.79 Å². The van der Waals surface area contributed by atoms with Gasteiger partial charge in [-0.15, -0.1) is 0 Å². The number of carboxylic acids is 1. The second kappa shape index (κ2) is 4.37. The predicted octanol–water partition coefficient (Wildman–Crippen LogP) is 3.14. The molecule has 0 aliphatic rings. The van der Waals surface area contributed by atoms with Crippen LogP contribution in [0.3, 0.4) is 0 Å². The van der Waals surface area contributed by atoms with E-state index in [0.29, 0.717) is 0 Å². The lowest BCUT2D eigenvalue weighted by molar-refractivity contribution is -0.138. The van der Waals surface area contributed by atoms with E-state index in [4.69, 9.17) is 28.3 Å². The lowest BCUT2D eigenvalue weighted by Gasteiger charge is -2.23. The van der Waals surface area contributed by atoms with Crippen LogP contribution < -0.4 is 0 Å². The van der Waals surface area contributed by atoms with Crippen LogP contribution in [0.1, 0.15) is 25.8 Å². The van der Waals surface area contributed by atoms with E-state index < -0.39 is 11.4 Å². The van der Waals surface area contributed by atoms with Crippen LogP contribution in [0.25, 0.3) is 0 Å². The molecule has 0 aliphatic carbocycles. The van der Waals surface area contributed by atoms with Crippen LogP contribution in [0.4, 0.5) is 0 Å². The van der Waals surface area contributed by atoms with Gasteiger partial charge in [0, 0.05) is 5.41 Å². The third-order valence-electron chi connectivity index (χ3n) is 2.14. The van der Waals surface area contributed by atoms with Gasteiger partial charge in [-0.2, -0.15) is 0 Å². The summed E-state index contributed by atoms with van der Waals surface area (Å²) in [5.41, 5.74) is 0.261. The molecular formula is C10H11Cl2NO2. The van der Waals surface area contributed by atoms with Gasteiger partial charge < -0.3 is 5.11 Å². The Bertz CT molecular complexity index is 371. The molecule has 1 aromatic rings. The summed E-state index contributed by atoms with van der Waals surface area (Å²) in [5, 5.41) is 9.32. The van der Waals surface area contributed by atoms with Gasteiger partial charge in [-0.25, -0.2) is 4.98 Å². The van der Waals surface area contributed by atoms with Crippen LogP contribution in [-0.4, -0.2) is 16.1 Å². The van der Waals surface area contributed by atoms with E-state index in [-0.39, 0.29) is 16.7 Å². The number of hydrogen-bond acceptors (Lipinski definition) is 2. The first-order valence-electron chi connectivity index (χ1n) is 4.36. The molecule has 0 radical (unpaired) electrons. The van der Waals surface area contributed by atoms with Gasteiger partial charge >= 0.3 is 5.97 Å². The molecule has 0 fully saturated rings. The molecule has 0 unspecified atom stereocenters. The zero-order valence-electron chi connectivity index (χ0n) is 8.42. The second-order valence-corrected chi connectivity index (χ2v) is 4.73. The fourth-order valence-corrected chi connectivity index (χ4v) is 1.80. The molecular weight excluding hydrogens is 237 g/mol. The molecule has 0 aliphatic heterocycles. The molecule has 82 valence electrons. The van der Waals surface area contributed by atoms with Crippen molar-refractivity contribution in [1.29, 1.82) is 0 Å². The first kappa shape index (κ1) is 12.3. The Balaban J connectivity index is 3.08. The quantitative estimate of drug-likeness (QED) is 0.836. The SMILES string of the molecule is CC(C)(CC(=O)O)c1cc(Cl)nc(Cl)c1. The summed E-state index contributed by atoms with van der Waals surface area (Å²) in [6, 6.07) is 3.27. The maximum atomic E-state index is 10.7. The van der Waals surface area contributed by atoms with Crippen molar-refractivity contribution in [2.45, 2.75) is 25.7 Å². The van der Waals surface area contributed by atoms with Gasteiger partial charge in [-0.1, -0.05) is 37.0 Å². The van der Waals surface area contributed by atoms with E-state index in [1.165, 1.54) is 0 Å². The van der Waals surface area contributed by atoms with E-state index in [1.54, 1.807) is 12.1 Å². The number of carboxylic acid groups (broad SMARTS) is 1. The van der Waals surface area contributed by atoms with Gasteiger partial charge in [0.25, 0.3) is 0 Å². The zero-order valence-corrected chi connectivity index (χ0v) is 9.93. The van der Waals surface area contributed by atoms with Gasteiger partial charge in [0.1, 0.15) is 10.3 Å². The van der Waals surface area contributed by atoms with Crippen molar-refractivity contribution in [3.05, 3.63) is 28.0 Å². The van der Waals surface area contributed by atoms with Crippen LogP contribution in [0.5, 0.6) is 0 Å². The maximum Gasteiger partial charge on any atom is 0.304 e. The van der Waals surface area contributed by atoms with Crippen LogP contribution in [-0.2, 0) is 10.2 Å². The van der Waals surface area contributed by atoms with Crippen molar-refractivity contribution in [2.24, 2.45) is 0 Å². The first-order valence-corrected chi connectivity index (χ1v) is 5.12. The Labute approximate surface area is 98.0 Å². The summed E-state index contributed by atoms with van der Waals surface area (Å²) in [4.78, 5) is 14.5. The van der Waals surface area contributed by atoms with E-state index in [0.717, 1.165) is 5.56 Å². The third kappa shape index (κ3) is 3.36. The molecule has 0 amide bonds. The van der Waals surface area contributed by atoms with Crippen LogP contribution in [0.15, 0.2) is 12.1 Å². The van der Waals surface area contributed by atoms with Crippen molar-refractivity contribution in [3.8, 4) is 0 Å². The minimum Gasteiger partial charge on any atom is -0.481 e. The van der Waals surface area contributed by atoms with Crippen LogP contribution in [0.2, 0.25) is 10.3 Å². The molecule has 1 heterocycles. The van der Waals surface area contributed by atoms with E-state index in [9.17, 15) is 4.79 Å². The molecule has 5 heteroatoms. The lowest BCUT2D eigenvalue weighted by Crippen LogP contribution is -2.21. The average Bonchev–Trinajstić information content (AvgIpc) is 1.99. The van der Waals surface area contributed by atoms with Crippen molar-refractivity contribution in [2.75, 3.05) is 0 Å². The van der Waals surface area contributed by atoms with Gasteiger partial charge in [0.2, 0.25) is 0 Å². The highest BCUT2D eigenvalue weighted by Crippen LogP contribution is 2.30. The summed E-state index contributed by atoms with van der Waals surface area (Å²) in [5.74, 6) is -0.857. The summed E-state index contributed by atoms with van der Waals surface area (Å²) >= 11 is 11.5. The molecule has 0 aromatic carbocycles. The van der Waals surface area contributed by atoms with E-state index in [2.05, 4.69) is 4.98 Å². The number of aromatic nitrogens is 1. The highest BCUT2D eigenvalue weighted by Gasteiger charge is 2.25. The van der Waals surface area contributed by atoms with Gasteiger partial charge in [0.15, 0.2) is 0 Å². The monoisotopic (exact) mass is 247 g/mol. The molecule has 0 saturated carbocycles. The number of rotatable bonds is 3. The van der Waals surface area contributed by atoms with Crippen LogP contribution in [0, 0.1) is 0 Å². The number of carbonyl (C=O) groups is 1. The first-order chi connectivity index (χ1) is 6.81. The van der Waals surface area contributed by atoms with Crippen molar-refractivity contribution in [3.63, 3.8) is 0 Å². The standard InChI is InChI=1S/C10H11Cl2NO2/c1-10(2,5-9(14)15)6-3-7(11)13-8(12)4-6/h3-4H,5H2,1-2H3,(H,14,15). The highest BCUT2D eigenvalue weighted by molar-refractivity contribution is 6.32. The minimum absolute atomic E-state index is 0.0175. The fraction of sp³-hybridized carbons (Fsp3) is 0.400. The molecule has 1 aromatic heterocycles. The second-order valence-electron chi connectivity index (χ2n) is 3.96. The molecule has 0 bridgehead atoms. The summed E-state index contributed by atoms with van der Waals surface area (Å²) in [7, 11) is 0. The smallest absolute Gasteiger partial charge is 0.304 e. The van der Waals surface area contributed by atoms with Crippen molar-refractivity contribution < 1.29 is 9.90 Å². The summed E-state index contributed by atoms with van der Waals surface area (Å²) in [6.45, 7) is 3.65. The maximum absolute atomic E-state index is 10.7. The Morgan fingerprint density at radius 1 is 1.40 bits per heavy atom. The van der Waals surface area contributed by atoms with Gasteiger partial charge in [-0.05, 0) is 17.7 Å². The molecule has 1 rings (SSSR count). The van der Waals surface area contributed by atoms with Gasteiger partial charge in [0.05, 0.1) is 6.42 Å². The highest BCUT2D eigenvalue weighted by atomic mass is 35.5. The average molecular weight is 248 g/mol. The lowest BCUT2D eigenvalue weighted by atomic mass is 9.82. The van der Waals surface area contributed by atoms with Crippen molar-refractivity contribution in [1.82, 2.24) is 4.98 Å². The van der Waals surface area contributed by atoms with E-state index in [1.807, 2.05) is 13.8 Å².